The van der Waals surface area contributed by atoms with Crippen molar-refractivity contribution in [3.05, 3.63) is 106 Å². The number of nitrogens with one attached hydrogen (secondary N) is 1. The van der Waals surface area contributed by atoms with E-state index in [1.807, 2.05) is 73.7 Å². The van der Waals surface area contributed by atoms with Gasteiger partial charge in [0.25, 0.3) is 5.91 Å². The lowest BCUT2D eigenvalue weighted by molar-refractivity contribution is -0.115. The highest BCUT2D eigenvalue weighted by Crippen LogP contribution is 2.31. The van der Waals surface area contributed by atoms with Crippen LogP contribution >= 0.6 is 23.4 Å². The maximum Gasteiger partial charge on any atom is 0.264 e. The van der Waals surface area contributed by atoms with Crippen molar-refractivity contribution in [1.82, 2.24) is 9.88 Å². The Bertz CT molecular complexity index is 1390. The van der Waals surface area contributed by atoms with Gasteiger partial charge in [0.15, 0.2) is 5.17 Å². The molecule has 1 fully saturated rings. The van der Waals surface area contributed by atoms with Crippen LogP contribution in [0.3, 0.4) is 0 Å². The number of benzene rings is 3. The second kappa shape index (κ2) is 8.69. The lowest BCUT2D eigenvalue weighted by Gasteiger charge is -2.07. The quantitative estimate of drug-likeness (QED) is 0.353. The SMILES string of the molecule is Cc1ccc(N=C2NC(=O)/C(=C\c3cn(Cc4ccccc4Cl)c4ccccc34)S2)cc1. The van der Waals surface area contributed by atoms with Crippen LogP contribution in [-0.4, -0.2) is 15.6 Å². The van der Waals surface area contributed by atoms with Gasteiger partial charge in [-0.15, -0.1) is 0 Å². The Kier molecular flexibility index (Phi) is 5.60. The van der Waals surface area contributed by atoms with E-state index < -0.39 is 0 Å². The van der Waals surface area contributed by atoms with Gasteiger partial charge in [0, 0.05) is 34.2 Å². The Morgan fingerprint density at radius 3 is 2.59 bits per heavy atom. The second-order valence-corrected chi connectivity index (χ2v) is 9.08. The molecular weight excluding hydrogens is 438 g/mol. The molecule has 0 bridgehead atoms. The van der Waals surface area contributed by atoms with Crippen molar-refractivity contribution in [3.63, 3.8) is 0 Å². The molecule has 1 aromatic heterocycles. The van der Waals surface area contributed by atoms with Gasteiger partial charge in [-0.1, -0.05) is 65.7 Å². The molecule has 1 aliphatic rings. The fourth-order valence-electron chi connectivity index (χ4n) is 3.69. The first-order chi connectivity index (χ1) is 15.6. The standard InChI is InChI=1S/C26H20ClN3OS/c1-17-10-12-20(13-11-17)28-26-29-25(31)24(32-26)14-19-16-30(23-9-5-3-7-21(19)23)15-18-6-2-4-8-22(18)27/h2-14,16H,15H2,1H3,(H,28,29,31)/b24-14+. The van der Waals surface area contributed by atoms with Crippen LogP contribution in [0, 0.1) is 6.92 Å². The van der Waals surface area contributed by atoms with Crippen molar-refractivity contribution >= 4 is 57.1 Å². The van der Waals surface area contributed by atoms with E-state index in [2.05, 4.69) is 33.2 Å². The van der Waals surface area contributed by atoms with Crippen LogP contribution in [0.25, 0.3) is 17.0 Å². The molecule has 0 aliphatic carbocycles. The number of hydrogen-bond donors (Lipinski definition) is 1. The molecule has 1 saturated heterocycles. The molecule has 4 aromatic rings. The third-order valence-corrected chi connectivity index (χ3v) is 6.60. The maximum absolute atomic E-state index is 12.6. The Morgan fingerprint density at radius 2 is 1.78 bits per heavy atom. The number of amides is 1. The highest BCUT2D eigenvalue weighted by atomic mass is 35.5. The van der Waals surface area contributed by atoms with E-state index in [4.69, 9.17) is 11.6 Å². The van der Waals surface area contributed by atoms with Crippen molar-refractivity contribution in [2.45, 2.75) is 13.5 Å². The smallest absolute Gasteiger partial charge is 0.264 e. The van der Waals surface area contributed by atoms with E-state index in [0.29, 0.717) is 16.6 Å². The Hall–Kier alpha value is -3.28. The van der Waals surface area contributed by atoms with Crippen LogP contribution in [0.15, 0.2) is 88.9 Å². The normalized spacial score (nSPS) is 16.2. The molecular formula is C26H20ClN3OS. The third kappa shape index (κ3) is 4.22. The van der Waals surface area contributed by atoms with Crippen LogP contribution in [0.5, 0.6) is 0 Å². The summed E-state index contributed by atoms with van der Waals surface area (Å²) < 4.78 is 2.17. The van der Waals surface area contributed by atoms with Gasteiger partial charge in [-0.2, -0.15) is 0 Å². The summed E-state index contributed by atoms with van der Waals surface area (Å²) in [4.78, 5) is 17.8. The molecule has 3 aromatic carbocycles. The number of hydrogen-bond acceptors (Lipinski definition) is 3. The minimum atomic E-state index is -0.135. The number of aryl methyl sites for hydroxylation is 1. The van der Waals surface area contributed by atoms with Crippen LogP contribution in [-0.2, 0) is 11.3 Å². The molecule has 6 heteroatoms. The zero-order chi connectivity index (χ0) is 22.1. The monoisotopic (exact) mass is 457 g/mol. The van der Waals surface area contributed by atoms with Crippen LogP contribution in [0.2, 0.25) is 5.02 Å². The topological polar surface area (TPSA) is 46.4 Å². The van der Waals surface area contributed by atoms with Crippen molar-refractivity contribution < 1.29 is 4.79 Å². The number of aromatic nitrogens is 1. The number of halogens is 1. The lowest BCUT2D eigenvalue weighted by Crippen LogP contribution is -2.19. The molecule has 1 amide bonds. The zero-order valence-electron chi connectivity index (χ0n) is 17.4. The van der Waals surface area contributed by atoms with E-state index in [9.17, 15) is 4.79 Å². The van der Waals surface area contributed by atoms with Gasteiger partial charge in [0.1, 0.15) is 0 Å². The number of para-hydroxylation sites is 1. The fraction of sp³-hybridized carbons (Fsp3) is 0.0769. The van der Waals surface area contributed by atoms with E-state index in [1.54, 1.807) is 0 Å². The Labute approximate surface area is 195 Å². The third-order valence-electron chi connectivity index (χ3n) is 5.32. The molecule has 0 radical (unpaired) electrons. The minimum absolute atomic E-state index is 0.135. The maximum atomic E-state index is 12.6. The number of fused-ring (bicyclic) bond motifs is 1. The van der Waals surface area contributed by atoms with Crippen LogP contribution in [0.1, 0.15) is 16.7 Å². The fourth-order valence-corrected chi connectivity index (χ4v) is 4.72. The first-order valence-electron chi connectivity index (χ1n) is 10.2. The van der Waals surface area contributed by atoms with Crippen molar-refractivity contribution in [1.29, 1.82) is 0 Å². The van der Waals surface area contributed by atoms with Gasteiger partial charge < -0.3 is 9.88 Å². The first kappa shape index (κ1) is 20.6. The number of thioether (sulfide) groups is 1. The lowest BCUT2D eigenvalue weighted by atomic mass is 10.1. The average Bonchev–Trinajstić information content (AvgIpc) is 3.31. The van der Waals surface area contributed by atoms with Gasteiger partial charge in [-0.25, -0.2) is 4.99 Å². The van der Waals surface area contributed by atoms with Crippen molar-refractivity contribution in [3.8, 4) is 0 Å². The summed E-state index contributed by atoms with van der Waals surface area (Å²) >= 11 is 7.74. The molecule has 4 nitrogen and oxygen atoms in total. The molecule has 2 heterocycles. The molecule has 32 heavy (non-hydrogen) atoms. The summed E-state index contributed by atoms with van der Waals surface area (Å²) in [5.41, 5.74) is 5.12. The molecule has 0 atom stereocenters. The molecule has 0 spiro atoms. The van der Waals surface area contributed by atoms with E-state index in [1.165, 1.54) is 17.3 Å². The summed E-state index contributed by atoms with van der Waals surface area (Å²) in [5, 5.41) is 5.29. The number of rotatable bonds is 4. The zero-order valence-corrected chi connectivity index (χ0v) is 19.0. The van der Waals surface area contributed by atoms with Crippen molar-refractivity contribution in [2.75, 3.05) is 0 Å². The van der Waals surface area contributed by atoms with E-state index in [-0.39, 0.29) is 5.91 Å². The van der Waals surface area contributed by atoms with E-state index in [0.717, 1.165) is 32.7 Å². The molecule has 0 saturated carbocycles. The average molecular weight is 458 g/mol. The number of amidine groups is 1. The highest BCUT2D eigenvalue weighted by molar-refractivity contribution is 8.18. The summed E-state index contributed by atoms with van der Waals surface area (Å²) in [5.74, 6) is -0.135. The Morgan fingerprint density at radius 1 is 1.03 bits per heavy atom. The van der Waals surface area contributed by atoms with Gasteiger partial charge >= 0.3 is 0 Å². The summed E-state index contributed by atoms with van der Waals surface area (Å²) in [6.45, 7) is 2.69. The Balaban J connectivity index is 1.48. The molecule has 1 aliphatic heterocycles. The van der Waals surface area contributed by atoms with Gasteiger partial charge in [-0.05, 0) is 54.6 Å². The van der Waals surface area contributed by atoms with Gasteiger partial charge in [0.05, 0.1) is 10.6 Å². The number of carbonyl (C=O) groups is 1. The van der Waals surface area contributed by atoms with Gasteiger partial charge in [0.2, 0.25) is 0 Å². The predicted molar refractivity (Wildman–Crippen MR) is 134 cm³/mol. The second-order valence-electron chi connectivity index (χ2n) is 7.64. The number of aliphatic imine (C=N–C) groups is 1. The largest absolute Gasteiger partial charge is 0.342 e. The predicted octanol–water partition coefficient (Wildman–Crippen LogP) is 6.54. The summed E-state index contributed by atoms with van der Waals surface area (Å²) in [6.07, 6.45) is 4.01. The molecule has 0 unspecified atom stereocenters. The first-order valence-corrected chi connectivity index (χ1v) is 11.4. The van der Waals surface area contributed by atoms with Crippen molar-refractivity contribution in [2.24, 2.45) is 4.99 Å². The summed E-state index contributed by atoms with van der Waals surface area (Å²) in [7, 11) is 0. The van der Waals surface area contributed by atoms with Gasteiger partial charge in [-0.3, -0.25) is 4.79 Å². The molecule has 158 valence electrons. The molecule has 5 rings (SSSR count). The van der Waals surface area contributed by atoms with E-state index >= 15 is 0 Å². The van der Waals surface area contributed by atoms with Crippen LogP contribution in [0.4, 0.5) is 5.69 Å². The highest BCUT2D eigenvalue weighted by Gasteiger charge is 2.24. The minimum Gasteiger partial charge on any atom is -0.342 e. The number of carbonyl (C=O) groups excluding carboxylic acids is 1. The molecule has 1 N–H and O–H groups in total. The number of nitrogens with zero attached hydrogens (tertiary/aromatic N) is 2. The summed E-state index contributed by atoms with van der Waals surface area (Å²) in [6, 6.07) is 23.9. The van der Waals surface area contributed by atoms with Crippen LogP contribution < -0.4 is 5.32 Å².